The molecule has 0 bridgehead atoms. The first-order valence-corrected chi connectivity index (χ1v) is 7.23. The Bertz CT molecular complexity index is 575. The van der Waals surface area contributed by atoms with Crippen molar-refractivity contribution in [2.45, 2.75) is 31.2 Å². The monoisotopic (exact) mass is 323 g/mol. The number of benzene rings is 1. The highest BCUT2D eigenvalue weighted by atomic mass is 35.5. The molecule has 0 spiro atoms. The van der Waals surface area contributed by atoms with Crippen LogP contribution >= 0.6 is 12.4 Å². The zero-order valence-electron chi connectivity index (χ0n) is 11.2. The fraction of sp³-hybridized carbons (Fsp3) is 0.455. The summed E-state index contributed by atoms with van der Waals surface area (Å²) in [5.74, 6) is 0. The number of hydrogen-bond acceptors (Lipinski definition) is 5. The molecule has 0 aliphatic heterocycles. The molecule has 0 aliphatic rings. The van der Waals surface area contributed by atoms with Crippen LogP contribution in [0.25, 0.3) is 0 Å². The molecule has 0 heterocycles. The fourth-order valence-electron chi connectivity index (χ4n) is 1.62. The van der Waals surface area contributed by atoms with Crippen molar-refractivity contribution in [1.82, 2.24) is 4.72 Å². The minimum Gasteiger partial charge on any atom is -0.328 e. The molecule has 0 aromatic heterocycles. The lowest BCUT2D eigenvalue weighted by atomic mass is 10.2. The number of aryl methyl sites for hydroxylation is 1. The van der Waals surface area contributed by atoms with Crippen molar-refractivity contribution in [3.05, 3.63) is 33.9 Å². The summed E-state index contributed by atoms with van der Waals surface area (Å²) >= 11 is 0. The van der Waals surface area contributed by atoms with Gasteiger partial charge in [-0.05, 0) is 25.8 Å². The topological polar surface area (TPSA) is 115 Å². The van der Waals surface area contributed by atoms with E-state index in [1.165, 1.54) is 25.1 Å². The van der Waals surface area contributed by atoms with E-state index in [0.717, 1.165) is 0 Å². The van der Waals surface area contributed by atoms with Gasteiger partial charge >= 0.3 is 0 Å². The molecule has 1 atom stereocenters. The molecule has 20 heavy (non-hydrogen) atoms. The van der Waals surface area contributed by atoms with Crippen LogP contribution < -0.4 is 10.5 Å². The van der Waals surface area contributed by atoms with Gasteiger partial charge in [-0.25, -0.2) is 13.1 Å². The molecule has 114 valence electrons. The first kappa shape index (κ1) is 18.8. The number of nitrogens with one attached hydrogen (secondary N) is 1. The second kappa shape index (κ2) is 7.53. The van der Waals surface area contributed by atoms with Crippen LogP contribution in [0.1, 0.15) is 18.9 Å². The van der Waals surface area contributed by atoms with Crippen LogP contribution in [0.3, 0.4) is 0 Å². The average molecular weight is 324 g/mol. The van der Waals surface area contributed by atoms with Crippen LogP contribution in [0.15, 0.2) is 23.1 Å². The Morgan fingerprint density at radius 1 is 1.45 bits per heavy atom. The number of halogens is 1. The number of nitro groups is 1. The van der Waals surface area contributed by atoms with Crippen LogP contribution in [0.5, 0.6) is 0 Å². The summed E-state index contributed by atoms with van der Waals surface area (Å²) in [6, 6.07) is 4.00. The van der Waals surface area contributed by atoms with Crippen molar-refractivity contribution in [2.75, 3.05) is 6.54 Å². The summed E-state index contributed by atoms with van der Waals surface area (Å²) in [6.07, 6.45) is 0.457. The van der Waals surface area contributed by atoms with Gasteiger partial charge in [-0.3, -0.25) is 10.1 Å². The molecule has 0 radical (unpaired) electrons. The Morgan fingerprint density at radius 3 is 2.55 bits per heavy atom. The van der Waals surface area contributed by atoms with E-state index in [9.17, 15) is 18.5 Å². The standard InChI is InChI=1S/C11H17N3O4S.ClH/c1-8-4-3-5-10(14(15)16)11(8)19(17,18)13-7-6-9(2)12;/h3-5,9,13H,6-7,12H2,1-2H3;1H. The Hall–Kier alpha value is -1.22. The van der Waals surface area contributed by atoms with Crippen LogP contribution in [-0.2, 0) is 10.0 Å². The van der Waals surface area contributed by atoms with Gasteiger partial charge in [0.05, 0.1) is 4.92 Å². The summed E-state index contributed by atoms with van der Waals surface area (Å²) in [5.41, 5.74) is 5.44. The minimum atomic E-state index is -3.91. The number of rotatable bonds is 6. The van der Waals surface area contributed by atoms with Gasteiger partial charge in [-0.15, -0.1) is 12.4 Å². The van der Waals surface area contributed by atoms with E-state index in [1.54, 1.807) is 6.92 Å². The molecule has 9 heteroatoms. The molecule has 0 fully saturated rings. The van der Waals surface area contributed by atoms with Crippen molar-refractivity contribution < 1.29 is 13.3 Å². The third-order valence-corrected chi connectivity index (χ3v) is 4.20. The van der Waals surface area contributed by atoms with Crippen LogP contribution in [-0.4, -0.2) is 25.9 Å². The summed E-state index contributed by atoms with van der Waals surface area (Å²) in [5, 5.41) is 10.9. The maximum atomic E-state index is 12.1. The summed E-state index contributed by atoms with van der Waals surface area (Å²) in [7, 11) is -3.91. The molecular weight excluding hydrogens is 306 g/mol. The van der Waals surface area contributed by atoms with E-state index in [2.05, 4.69) is 4.72 Å². The highest BCUT2D eigenvalue weighted by molar-refractivity contribution is 7.89. The SMILES string of the molecule is Cc1cccc([N+](=O)[O-])c1S(=O)(=O)NCCC(C)N.Cl. The average Bonchev–Trinajstić information content (AvgIpc) is 2.27. The van der Waals surface area contributed by atoms with Gasteiger partial charge in [0.1, 0.15) is 0 Å². The van der Waals surface area contributed by atoms with Crippen LogP contribution in [0, 0.1) is 17.0 Å². The molecule has 0 saturated carbocycles. The maximum Gasteiger partial charge on any atom is 0.289 e. The van der Waals surface area contributed by atoms with E-state index in [-0.39, 0.29) is 29.9 Å². The molecule has 0 amide bonds. The minimum absolute atomic E-state index is 0. The van der Waals surface area contributed by atoms with Crippen molar-refractivity contribution >= 4 is 28.1 Å². The highest BCUT2D eigenvalue weighted by Crippen LogP contribution is 2.26. The van der Waals surface area contributed by atoms with E-state index in [1.807, 2.05) is 0 Å². The van der Waals surface area contributed by atoms with E-state index >= 15 is 0 Å². The number of nitro benzene ring substituents is 1. The van der Waals surface area contributed by atoms with E-state index in [4.69, 9.17) is 5.73 Å². The van der Waals surface area contributed by atoms with Gasteiger partial charge in [-0.2, -0.15) is 0 Å². The summed E-state index contributed by atoms with van der Waals surface area (Å²) in [6.45, 7) is 3.42. The van der Waals surface area contributed by atoms with Crippen molar-refractivity contribution in [2.24, 2.45) is 5.73 Å². The van der Waals surface area contributed by atoms with Crippen LogP contribution in [0.2, 0.25) is 0 Å². The molecule has 1 aromatic rings. The lowest BCUT2D eigenvalue weighted by Gasteiger charge is -2.10. The largest absolute Gasteiger partial charge is 0.328 e. The lowest BCUT2D eigenvalue weighted by Crippen LogP contribution is -2.30. The second-order valence-corrected chi connectivity index (χ2v) is 6.05. The molecule has 1 aromatic carbocycles. The predicted molar refractivity (Wildman–Crippen MR) is 78.5 cm³/mol. The van der Waals surface area contributed by atoms with Gasteiger partial charge in [0, 0.05) is 18.7 Å². The Labute approximate surface area is 124 Å². The Kier molecular flexibility index (Phi) is 7.07. The molecule has 3 N–H and O–H groups in total. The highest BCUT2D eigenvalue weighted by Gasteiger charge is 2.27. The smallest absolute Gasteiger partial charge is 0.289 e. The zero-order valence-corrected chi connectivity index (χ0v) is 12.8. The molecular formula is C11H18ClN3O4S. The molecule has 1 unspecified atom stereocenters. The number of nitrogens with zero attached hydrogens (tertiary/aromatic N) is 1. The summed E-state index contributed by atoms with van der Waals surface area (Å²) in [4.78, 5) is 9.91. The molecule has 0 saturated heterocycles. The summed E-state index contributed by atoms with van der Waals surface area (Å²) < 4.78 is 26.5. The fourth-order valence-corrected chi connectivity index (χ4v) is 3.06. The van der Waals surface area contributed by atoms with Gasteiger partial charge in [0.2, 0.25) is 10.0 Å². The Balaban J connectivity index is 0.00000361. The number of sulfonamides is 1. The third kappa shape index (κ3) is 4.71. The normalized spacial score (nSPS) is 12.6. The van der Waals surface area contributed by atoms with Gasteiger partial charge in [0.15, 0.2) is 4.90 Å². The lowest BCUT2D eigenvalue weighted by molar-refractivity contribution is -0.387. The van der Waals surface area contributed by atoms with Crippen molar-refractivity contribution in [3.63, 3.8) is 0 Å². The third-order valence-electron chi connectivity index (χ3n) is 2.55. The van der Waals surface area contributed by atoms with Crippen molar-refractivity contribution in [3.8, 4) is 0 Å². The van der Waals surface area contributed by atoms with Gasteiger partial charge in [0.25, 0.3) is 5.69 Å². The Morgan fingerprint density at radius 2 is 2.05 bits per heavy atom. The predicted octanol–water partition coefficient (Wildman–Crippen LogP) is 1.34. The first-order chi connectivity index (χ1) is 8.75. The molecule has 7 nitrogen and oxygen atoms in total. The molecule has 0 aliphatic carbocycles. The van der Waals surface area contributed by atoms with E-state index in [0.29, 0.717) is 12.0 Å². The number of nitrogens with two attached hydrogens (primary N) is 1. The van der Waals surface area contributed by atoms with E-state index < -0.39 is 20.6 Å². The first-order valence-electron chi connectivity index (χ1n) is 5.75. The van der Waals surface area contributed by atoms with Crippen molar-refractivity contribution in [1.29, 1.82) is 0 Å². The van der Waals surface area contributed by atoms with Crippen LogP contribution in [0.4, 0.5) is 5.69 Å². The maximum absolute atomic E-state index is 12.1. The van der Waals surface area contributed by atoms with Gasteiger partial charge in [-0.1, -0.05) is 12.1 Å². The van der Waals surface area contributed by atoms with Gasteiger partial charge < -0.3 is 5.73 Å². The quantitative estimate of drug-likeness (QED) is 0.605. The second-order valence-electron chi connectivity index (χ2n) is 4.34. The molecule has 1 rings (SSSR count). The number of hydrogen-bond donors (Lipinski definition) is 2. The zero-order chi connectivity index (χ0) is 14.6.